The minimum Gasteiger partial charge on any atom is -0.450 e. The lowest BCUT2D eigenvalue weighted by atomic mass is 9.87. The molecule has 1 aromatic carbocycles. The largest absolute Gasteiger partial charge is 0.450 e. The number of alkyl carbamates (subject to hydrolysis) is 1. The second kappa shape index (κ2) is 6.24. The van der Waals surface area contributed by atoms with Crippen LogP contribution < -0.4 is 5.32 Å². The van der Waals surface area contributed by atoms with Gasteiger partial charge in [-0.05, 0) is 25.3 Å². The van der Waals surface area contributed by atoms with Gasteiger partial charge in [-0.25, -0.2) is 4.79 Å². The summed E-state index contributed by atoms with van der Waals surface area (Å²) in [6.07, 6.45) is 5.92. The number of amides is 1. The quantitative estimate of drug-likeness (QED) is 0.830. The summed E-state index contributed by atoms with van der Waals surface area (Å²) in [4.78, 5) is 11.3. The van der Waals surface area contributed by atoms with Crippen LogP contribution in [0.5, 0.6) is 0 Å². The zero-order valence-corrected chi connectivity index (χ0v) is 10.6. The van der Waals surface area contributed by atoms with Gasteiger partial charge in [-0.2, -0.15) is 0 Å². The van der Waals surface area contributed by atoms with E-state index in [9.17, 15) is 4.79 Å². The minimum atomic E-state index is -0.328. The maximum Gasteiger partial charge on any atom is 0.407 e. The van der Waals surface area contributed by atoms with E-state index >= 15 is 0 Å². The van der Waals surface area contributed by atoms with Crippen molar-refractivity contribution in [1.82, 2.24) is 5.32 Å². The van der Waals surface area contributed by atoms with E-state index in [1.165, 1.54) is 5.56 Å². The van der Waals surface area contributed by atoms with Crippen LogP contribution in [0.3, 0.4) is 0 Å². The van der Waals surface area contributed by atoms with Crippen LogP contribution >= 0.6 is 0 Å². The van der Waals surface area contributed by atoms with Crippen LogP contribution in [0.25, 0.3) is 0 Å². The highest BCUT2D eigenvalue weighted by Crippen LogP contribution is 2.27. The van der Waals surface area contributed by atoms with E-state index in [4.69, 9.17) is 4.74 Å². The Kier molecular flexibility index (Phi) is 4.40. The zero-order chi connectivity index (χ0) is 12.8. The van der Waals surface area contributed by atoms with E-state index < -0.39 is 0 Å². The first-order valence-corrected chi connectivity index (χ1v) is 6.46. The number of nitrogens with one attached hydrogen (secondary N) is 1. The first-order valence-electron chi connectivity index (χ1n) is 6.46. The highest BCUT2D eigenvalue weighted by atomic mass is 16.5. The van der Waals surface area contributed by atoms with Gasteiger partial charge >= 0.3 is 6.09 Å². The predicted octanol–water partition coefficient (Wildman–Crippen LogP) is 3.23. The van der Waals surface area contributed by atoms with Crippen molar-refractivity contribution in [3.63, 3.8) is 0 Å². The first-order chi connectivity index (χ1) is 8.79. The number of rotatable bonds is 3. The van der Waals surface area contributed by atoms with E-state index in [1.807, 2.05) is 13.0 Å². The molecule has 1 aliphatic carbocycles. The van der Waals surface area contributed by atoms with Gasteiger partial charge in [0.1, 0.15) is 0 Å². The fourth-order valence-electron chi connectivity index (χ4n) is 2.24. The molecule has 3 heteroatoms. The number of ether oxygens (including phenoxy) is 1. The lowest BCUT2D eigenvalue weighted by Gasteiger charge is -2.23. The fourth-order valence-corrected chi connectivity index (χ4v) is 2.24. The summed E-state index contributed by atoms with van der Waals surface area (Å²) >= 11 is 0. The van der Waals surface area contributed by atoms with E-state index in [1.54, 1.807) is 0 Å². The Bertz CT molecular complexity index is 414. The van der Waals surface area contributed by atoms with E-state index in [-0.39, 0.29) is 12.1 Å². The van der Waals surface area contributed by atoms with Crippen LogP contribution in [0.4, 0.5) is 4.79 Å². The normalized spacial score (nSPS) is 22.5. The van der Waals surface area contributed by atoms with E-state index in [0.717, 1.165) is 12.8 Å². The lowest BCUT2D eigenvalue weighted by Crippen LogP contribution is -2.35. The third kappa shape index (κ3) is 3.36. The molecule has 18 heavy (non-hydrogen) atoms. The maximum atomic E-state index is 11.3. The van der Waals surface area contributed by atoms with Gasteiger partial charge < -0.3 is 10.1 Å². The van der Waals surface area contributed by atoms with Crippen molar-refractivity contribution in [2.24, 2.45) is 0 Å². The van der Waals surface area contributed by atoms with Crippen molar-refractivity contribution in [2.45, 2.75) is 31.7 Å². The van der Waals surface area contributed by atoms with E-state index in [0.29, 0.717) is 12.5 Å². The molecule has 0 bridgehead atoms. The molecule has 3 nitrogen and oxygen atoms in total. The Labute approximate surface area is 108 Å². The van der Waals surface area contributed by atoms with Crippen LogP contribution in [-0.2, 0) is 4.74 Å². The summed E-state index contributed by atoms with van der Waals surface area (Å²) in [5, 5.41) is 2.84. The number of benzene rings is 1. The highest BCUT2D eigenvalue weighted by molar-refractivity contribution is 5.67. The topological polar surface area (TPSA) is 38.3 Å². The fraction of sp³-hybridized carbons (Fsp3) is 0.400. The standard InChI is InChI=1S/C15H19NO2/c1-2-18-15(17)16-14-10-8-13(9-11-14)12-6-4-3-5-7-12/h3-8,10,13-14H,2,9,11H2,1H3,(H,16,17)/t13-,14-/m1/s1. The minimum absolute atomic E-state index is 0.101. The Balaban J connectivity index is 1.90. The summed E-state index contributed by atoms with van der Waals surface area (Å²) in [7, 11) is 0. The van der Waals surface area contributed by atoms with Crippen molar-refractivity contribution in [2.75, 3.05) is 6.61 Å². The molecular formula is C15H19NO2. The average Bonchev–Trinajstić information content (AvgIpc) is 2.41. The molecule has 0 saturated heterocycles. The van der Waals surface area contributed by atoms with Crippen LogP contribution in [0, 0.1) is 0 Å². The Morgan fingerprint density at radius 2 is 2.06 bits per heavy atom. The van der Waals surface area contributed by atoms with E-state index in [2.05, 4.69) is 41.7 Å². The number of allylic oxidation sites excluding steroid dienone is 1. The molecule has 0 unspecified atom stereocenters. The predicted molar refractivity (Wildman–Crippen MR) is 71.5 cm³/mol. The second-order valence-corrected chi connectivity index (χ2v) is 4.45. The Morgan fingerprint density at radius 3 is 2.67 bits per heavy atom. The van der Waals surface area contributed by atoms with Gasteiger partial charge in [0.25, 0.3) is 0 Å². The van der Waals surface area contributed by atoms with Gasteiger partial charge in [0.05, 0.1) is 12.6 Å². The third-order valence-corrected chi connectivity index (χ3v) is 3.17. The molecule has 1 amide bonds. The van der Waals surface area contributed by atoms with Gasteiger partial charge in [-0.1, -0.05) is 42.5 Å². The third-order valence-electron chi connectivity index (χ3n) is 3.17. The monoisotopic (exact) mass is 245 g/mol. The summed E-state index contributed by atoms with van der Waals surface area (Å²) in [6.45, 7) is 2.22. The number of carbonyl (C=O) groups is 1. The molecule has 0 saturated carbocycles. The zero-order valence-electron chi connectivity index (χ0n) is 10.6. The summed E-state index contributed by atoms with van der Waals surface area (Å²) in [6, 6.07) is 10.5. The van der Waals surface area contributed by atoms with Crippen molar-refractivity contribution in [3.05, 3.63) is 48.0 Å². The Hall–Kier alpha value is -1.77. The number of hydrogen-bond donors (Lipinski definition) is 1. The smallest absolute Gasteiger partial charge is 0.407 e. The lowest BCUT2D eigenvalue weighted by molar-refractivity contribution is 0.149. The van der Waals surface area contributed by atoms with Crippen LogP contribution in [0.1, 0.15) is 31.2 Å². The van der Waals surface area contributed by atoms with Crippen molar-refractivity contribution in [1.29, 1.82) is 0 Å². The molecule has 96 valence electrons. The molecule has 0 aromatic heterocycles. The van der Waals surface area contributed by atoms with Crippen LogP contribution in [0.2, 0.25) is 0 Å². The van der Waals surface area contributed by atoms with Crippen molar-refractivity contribution < 1.29 is 9.53 Å². The molecule has 0 fully saturated rings. The molecule has 1 N–H and O–H groups in total. The average molecular weight is 245 g/mol. The molecule has 2 rings (SSSR count). The van der Waals surface area contributed by atoms with Gasteiger partial charge in [0, 0.05) is 5.92 Å². The van der Waals surface area contributed by atoms with Gasteiger partial charge in [0.2, 0.25) is 0 Å². The van der Waals surface area contributed by atoms with Gasteiger partial charge in [0.15, 0.2) is 0 Å². The van der Waals surface area contributed by atoms with Gasteiger partial charge in [-0.15, -0.1) is 0 Å². The van der Waals surface area contributed by atoms with Crippen LogP contribution in [0.15, 0.2) is 42.5 Å². The summed E-state index contributed by atoms with van der Waals surface area (Å²) in [5.41, 5.74) is 1.34. The SMILES string of the molecule is CCOC(=O)N[C@@H]1C=C[C@@H](c2ccccc2)CC1. The Morgan fingerprint density at radius 1 is 1.28 bits per heavy atom. The number of hydrogen-bond acceptors (Lipinski definition) is 2. The first kappa shape index (κ1) is 12.7. The molecule has 0 aliphatic heterocycles. The molecule has 0 heterocycles. The molecule has 0 radical (unpaired) electrons. The maximum absolute atomic E-state index is 11.3. The highest BCUT2D eigenvalue weighted by Gasteiger charge is 2.18. The van der Waals surface area contributed by atoms with Crippen molar-refractivity contribution >= 4 is 6.09 Å². The van der Waals surface area contributed by atoms with Gasteiger partial charge in [-0.3, -0.25) is 0 Å². The molecule has 0 spiro atoms. The molecule has 2 atom stereocenters. The second-order valence-electron chi connectivity index (χ2n) is 4.45. The van der Waals surface area contributed by atoms with Crippen molar-refractivity contribution in [3.8, 4) is 0 Å². The number of carbonyl (C=O) groups excluding carboxylic acids is 1. The summed E-state index contributed by atoms with van der Waals surface area (Å²) in [5.74, 6) is 0.464. The molecule has 1 aromatic rings. The summed E-state index contributed by atoms with van der Waals surface area (Å²) < 4.78 is 4.87. The van der Waals surface area contributed by atoms with Crippen LogP contribution in [-0.4, -0.2) is 18.7 Å². The molecular weight excluding hydrogens is 226 g/mol. The molecule has 1 aliphatic rings.